The van der Waals surface area contributed by atoms with E-state index in [0.717, 1.165) is 5.56 Å². The summed E-state index contributed by atoms with van der Waals surface area (Å²) in [5, 5.41) is 13.0. The summed E-state index contributed by atoms with van der Waals surface area (Å²) in [6.45, 7) is 3.94. The van der Waals surface area contributed by atoms with Crippen molar-refractivity contribution >= 4 is 12.1 Å². The van der Waals surface area contributed by atoms with Crippen molar-refractivity contribution in [3.05, 3.63) is 29.8 Å². The minimum absolute atomic E-state index is 0.105. The number of nitrogens with zero attached hydrogens (tertiary/aromatic N) is 1. The number of amides is 1. The lowest BCUT2D eigenvalue weighted by atomic mass is 10.1. The molecule has 0 atom stereocenters. The molecule has 0 heterocycles. The molecule has 1 rings (SSSR count). The Kier molecular flexibility index (Phi) is 4.51. The van der Waals surface area contributed by atoms with Gasteiger partial charge in [0.05, 0.1) is 6.21 Å². The highest BCUT2D eigenvalue weighted by Gasteiger charge is 2.02. The SMILES string of the molecule is CC(C)CC(=O)NN=Cc1cccc(O)c1. The number of phenols is 1. The van der Waals surface area contributed by atoms with E-state index in [1.165, 1.54) is 6.21 Å². The summed E-state index contributed by atoms with van der Waals surface area (Å²) in [4.78, 5) is 11.2. The number of benzene rings is 1. The Bertz CT molecular complexity index is 386. The van der Waals surface area contributed by atoms with Gasteiger partial charge in [-0.3, -0.25) is 4.79 Å². The maximum atomic E-state index is 11.2. The molecule has 16 heavy (non-hydrogen) atoms. The van der Waals surface area contributed by atoms with Gasteiger partial charge in [0, 0.05) is 6.42 Å². The average molecular weight is 220 g/mol. The van der Waals surface area contributed by atoms with Crippen LogP contribution in [-0.2, 0) is 4.79 Å². The van der Waals surface area contributed by atoms with Crippen molar-refractivity contribution in [2.75, 3.05) is 0 Å². The molecule has 1 amide bonds. The van der Waals surface area contributed by atoms with Crippen molar-refractivity contribution in [1.82, 2.24) is 5.43 Å². The molecule has 0 saturated carbocycles. The average Bonchev–Trinajstić information content (AvgIpc) is 2.16. The van der Waals surface area contributed by atoms with Gasteiger partial charge in [-0.1, -0.05) is 26.0 Å². The van der Waals surface area contributed by atoms with E-state index < -0.39 is 0 Å². The van der Waals surface area contributed by atoms with Gasteiger partial charge in [0.1, 0.15) is 5.75 Å². The molecule has 0 radical (unpaired) electrons. The zero-order valence-corrected chi connectivity index (χ0v) is 9.47. The first-order chi connectivity index (χ1) is 7.58. The van der Waals surface area contributed by atoms with Gasteiger partial charge in [0.25, 0.3) is 0 Å². The second-order valence-electron chi connectivity index (χ2n) is 3.99. The molecule has 0 spiro atoms. The molecule has 0 aliphatic heterocycles. The number of hydrogen-bond acceptors (Lipinski definition) is 3. The van der Waals surface area contributed by atoms with Gasteiger partial charge in [-0.25, -0.2) is 5.43 Å². The fourth-order valence-electron chi connectivity index (χ4n) is 1.20. The number of hydrogen-bond donors (Lipinski definition) is 2. The van der Waals surface area contributed by atoms with E-state index in [1.807, 2.05) is 13.8 Å². The minimum Gasteiger partial charge on any atom is -0.508 e. The van der Waals surface area contributed by atoms with E-state index >= 15 is 0 Å². The predicted octanol–water partition coefficient (Wildman–Crippen LogP) is 1.89. The van der Waals surface area contributed by atoms with Crippen LogP contribution in [0.1, 0.15) is 25.8 Å². The van der Waals surface area contributed by atoms with Crippen LogP contribution in [0.15, 0.2) is 29.4 Å². The van der Waals surface area contributed by atoms with Crippen molar-refractivity contribution in [1.29, 1.82) is 0 Å². The molecule has 1 aromatic carbocycles. The Hall–Kier alpha value is -1.84. The molecule has 0 saturated heterocycles. The monoisotopic (exact) mass is 220 g/mol. The van der Waals surface area contributed by atoms with Crippen LogP contribution < -0.4 is 5.43 Å². The Morgan fingerprint density at radius 3 is 2.94 bits per heavy atom. The number of aromatic hydroxyl groups is 1. The minimum atomic E-state index is -0.105. The van der Waals surface area contributed by atoms with Crippen molar-refractivity contribution < 1.29 is 9.90 Å². The van der Waals surface area contributed by atoms with Crippen molar-refractivity contribution in [3.63, 3.8) is 0 Å². The standard InChI is InChI=1S/C12H16N2O2/c1-9(2)6-12(16)14-13-8-10-4-3-5-11(15)7-10/h3-5,7-9,15H,6H2,1-2H3,(H,14,16). The molecular weight excluding hydrogens is 204 g/mol. The van der Waals surface area contributed by atoms with Crippen LogP contribution in [0.3, 0.4) is 0 Å². The van der Waals surface area contributed by atoms with Crippen LogP contribution in [0, 0.1) is 5.92 Å². The summed E-state index contributed by atoms with van der Waals surface area (Å²) >= 11 is 0. The molecule has 86 valence electrons. The van der Waals surface area contributed by atoms with E-state index in [-0.39, 0.29) is 11.7 Å². The maximum absolute atomic E-state index is 11.2. The Morgan fingerprint density at radius 1 is 1.56 bits per heavy atom. The first-order valence-corrected chi connectivity index (χ1v) is 5.19. The van der Waals surface area contributed by atoms with E-state index in [0.29, 0.717) is 12.3 Å². The van der Waals surface area contributed by atoms with Crippen molar-refractivity contribution in [2.45, 2.75) is 20.3 Å². The lowest BCUT2D eigenvalue weighted by Crippen LogP contribution is -2.19. The summed E-state index contributed by atoms with van der Waals surface area (Å²) < 4.78 is 0. The molecule has 4 heteroatoms. The van der Waals surface area contributed by atoms with E-state index in [2.05, 4.69) is 10.5 Å². The summed E-state index contributed by atoms with van der Waals surface area (Å²) in [5.41, 5.74) is 3.17. The van der Waals surface area contributed by atoms with Crippen LogP contribution in [0.2, 0.25) is 0 Å². The van der Waals surface area contributed by atoms with E-state index in [4.69, 9.17) is 0 Å². The lowest BCUT2D eigenvalue weighted by molar-refractivity contribution is -0.121. The van der Waals surface area contributed by atoms with Gasteiger partial charge in [-0.2, -0.15) is 5.10 Å². The molecule has 4 nitrogen and oxygen atoms in total. The molecule has 2 N–H and O–H groups in total. The van der Waals surface area contributed by atoms with Gasteiger partial charge in [0.15, 0.2) is 0 Å². The Morgan fingerprint density at radius 2 is 2.31 bits per heavy atom. The number of carbonyl (C=O) groups excluding carboxylic acids is 1. The molecule has 0 aromatic heterocycles. The van der Waals surface area contributed by atoms with Gasteiger partial charge < -0.3 is 5.11 Å². The highest BCUT2D eigenvalue weighted by atomic mass is 16.3. The summed E-state index contributed by atoms with van der Waals surface area (Å²) in [7, 11) is 0. The number of hydrazone groups is 1. The van der Waals surface area contributed by atoms with Gasteiger partial charge in [0.2, 0.25) is 5.91 Å². The first kappa shape index (κ1) is 12.2. The normalized spacial score (nSPS) is 10.9. The van der Waals surface area contributed by atoms with Crippen LogP contribution in [0.25, 0.3) is 0 Å². The fourth-order valence-corrected chi connectivity index (χ4v) is 1.20. The maximum Gasteiger partial charge on any atom is 0.240 e. The predicted molar refractivity (Wildman–Crippen MR) is 63.3 cm³/mol. The highest BCUT2D eigenvalue weighted by Crippen LogP contribution is 2.08. The smallest absolute Gasteiger partial charge is 0.240 e. The van der Waals surface area contributed by atoms with E-state index in [9.17, 15) is 9.90 Å². The third-order valence-electron chi connectivity index (χ3n) is 1.87. The molecular formula is C12H16N2O2. The Labute approximate surface area is 95.0 Å². The molecule has 1 aromatic rings. The second kappa shape index (κ2) is 5.90. The summed E-state index contributed by atoms with van der Waals surface area (Å²) in [6.07, 6.45) is 1.95. The van der Waals surface area contributed by atoms with Crippen LogP contribution in [0.4, 0.5) is 0 Å². The van der Waals surface area contributed by atoms with Crippen LogP contribution >= 0.6 is 0 Å². The van der Waals surface area contributed by atoms with Crippen molar-refractivity contribution in [3.8, 4) is 5.75 Å². The highest BCUT2D eigenvalue weighted by molar-refractivity contribution is 5.82. The molecule has 0 aliphatic rings. The topological polar surface area (TPSA) is 61.7 Å². The zero-order chi connectivity index (χ0) is 12.0. The molecule has 0 unspecified atom stereocenters. The summed E-state index contributed by atoms with van der Waals surface area (Å²) in [6, 6.07) is 6.65. The number of nitrogens with one attached hydrogen (secondary N) is 1. The van der Waals surface area contributed by atoms with Gasteiger partial charge in [-0.15, -0.1) is 0 Å². The van der Waals surface area contributed by atoms with Gasteiger partial charge in [-0.05, 0) is 23.6 Å². The number of phenolic OH excluding ortho intramolecular Hbond substituents is 1. The third kappa shape index (κ3) is 4.59. The number of rotatable bonds is 4. The molecule has 0 fully saturated rings. The molecule has 0 bridgehead atoms. The molecule has 0 aliphatic carbocycles. The van der Waals surface area contributed by atoms with Crippen molar-refractivity contribution in [2.24, 2.45) is 11.0 Å². The quantitative estimate of drug-likeness (QED) is 0.601. The largest absolute Gasteiger partial charge is 0.508 e. The van der Waals surface area contributed by atoms with Crippen LogP contribution in [-0.4, -0.2) is 17.2 Å². The number of carbonyl (C=O) groups is 1. The third-order valence-corrected chi connectivity index (χ3v) is 1.87. The van der Waals surface area contributed by atoms with Crippen LogP contribution in [0.5, 0.6) is 5.75 Å². The zero-order valence-electron chi connectivity index (χ0n) is 9.47. The first-order valence-electron chi connectivity index (χ1n) is 5.19. The van der Waals surface area contributed by atoms with Gasteiger partial charge >= 0.3 is 0 Å². The Balaban J connectivity index is 2.46. The summed E-state index contributed by atoms with van der Waals surface area (Å²) in [5.74, 6) is 0.389. The second-order valence-corrected chi connectivity index (χ2v) is 3.99. The lowest BCUT2D eigenvalue weighted by Gasteiger charge is -2.01. The van der Waals surface area contributed by atoms with E-state index in [1.54, 1.807) is 24.3 Å². The fraction of sp³-hybridized carbons (Fsp3) is 0.333.